The van der Waals surface area contributed by atoms with Gasteiger partial charge in [-0.3, -0.25) is 0 Å². The van der Waals surface area contributed by atoms with Crippen LogP contribution in [0, 0.1) is 0 Å². The van der Waals surface area contributed by atoms with Crippen molar-refractivity contribution < 1.29 is 0 Å². The second-order valence-corrected chi connectivity index (χ2v) is 13.3. The summed E-state index contributed by atoms with van der Waals surface area (Å²) in [5.74, 6) is 0. The molecule has 0 fully saturated rings. The van der Waals surface area contributed by atoms with Crippen molar-refractivity contribution in [3.63, 3.8) is 0 Å². The lowest BCUT2D eigenvalue weighted by Crippen LogP contribution is -2.00. The minimum Gasteiger partial charge on any atom is -0.310 e. The first-order valence-electron chi connectivity index (χ1n) is 17.5. The SMILES string of the molecule is C1=Cc2c(c3cc(-c4ccc5c6ccccc6n(-c6cccc(-c7ccccc7)c6)c5c4)ccc3n2-c2ccc(-c3ccccc3)cc2)CC1. The Morgan fingerprint density at radius 1 is 0.360 bits per heavy atom. The summed E-state index contributed by atoms with van der Waals surface area (Å²) in [6.07, 6.45) is 6.75. The van der Waals surface area contributed by atoms with Crippen LogP contribution in [-0.2, 0) is 6.42 Å². The molecule has 2 nitrogen and oxygen atoms in total. The first-order chi connectivity index (χ1) is 24.8. The third kappa shape index (κ3) is 4.64. The third-order valence-electron chi connectivity index (χ3n) is 10.4. The van der Waals surface area contributed by atoms with Crippen LogP contribution in [-0.4, -0.2) is 9.13 Å². The van der Waals surface area contributed by atoms with E-state index in [1.165, 1.54) is 88.7 Å². The van der Waals surface area contributed by atoms with E-state index in [1.54, 1.807) is 0 Å². The van der Waals surface area contributed by atoms with Gasteiger partial charge in [-0.05, 0) is 106 Å². The number of aryl methyl sites for hydroxylation is 1. The Balaban J connectivity index is 1.11. The predicted molar refractivity (Wildman–Crippen MR) is 211 cm³/mol. The van der Waals surface area contributed by atoms with Gasteiger partial charge < -0.3 is 9.13 Å². The molecule has 1 aliphatic rings. The maximum Gasteiger partial charge on any atom is 0.0547 e. The highest BCUT2D eigenvalue weighted by molar-refractivity contribution is 6.10. The van der Waals surface area contributed by atoms with Crippen LogP contribution in [0.1, 0.15) is 17.7 Å². The predicted octanol–water partition coefficient (Wildman–Crippen LogP) is 12.7. The molecule has 1 aliphatic carbocycles. The van der Waals surface area contributed by atoms with Crippen LogP contribution >= 0.6 is 0 Å². The van der Waals surface area contributed by atoms with Crippen LogP contribution in [0.2, 0.25) is 0 Å². The maximum atomic E-state index is 2.44. The summed E-state index contributed by atoms with van der Waals surface area (Å²) in [7, 11) is 0. The number of benzene rings is 7. The molecule has 9 aromatic rings. The standard InChI is InChI=1S/C48H34N2/c1-3-12-33(13-4-1)35-22-26-39(27-23-35)49-46-21-10-8-19-42(46)44-31-37(25-29-47(44)49)38-24-28-43-41-18-7-9-20-45(41)50(48(43)32-38)40-17-11-16-36(30-40)34-14-5-2-6-15-34/h1-7,9-18,20-32H,8,19H2. The Hall–Kier alpha value is -6.38. The zero-order valence-electron chi connectivity index (χ0n) is 27.6. The average molecular weight is 639 g/mol. The summed E-state index contributed by atoms with van der Waals surface area (Å²) in [5, 5.41) is 3.87. The van der Waals surface area contributed by atoms with E-state index >= 15 is 0 Å². The molecule has 0 atom stereocenters. The summed E-state index contributed by atoms with van der Waals surface area (Å²) in [5.41, 5.74) is 16.2. The number of nitrogens with zero attached hydrogens (tertiary/aromatic N) is 2. The fourth-order valence-electron chi connectivity index (χ4n) is 8.01. The lowest BCUT2D eigenvalue weighted by molar-refractivity contribution is 0.967. The molecule has 0 saturated heterocycles. The minimum absolute atomic E-state index is 1.05. The monoisotopic (exact) mass is 638 g/mol. The topological polar surface area (TPSA) is 9.86 Å². The molecule has 2 heterocycles. The Labute approximate surface area is 291 Å². The molecular formula is C48H34N2. The Morgan fingerprint density at radius 3 is 1.78 bits per heavy atom. The molecule has 7 aromatic carbocycles. The molecule has 50 heavy (non-hydrogen) atoms. The lowest BCUT2D eigenvalue weighted by atomic mass is 9.97. The van der Waals surface area contributed by atoms with Gasteiger partial charge in [0.05, 0.1) is 16.6 Å². The fourth-order valence-corrected chi connectivity index (χ4v) is 8.01. The van der Waals surface area contributed by atoms with Gasteiger partial charge in [0.1, 0.15) is 0 Å². The molecule has 0 N–H and O–H groups in total. The molecule has 0 radical (unpaired) electrons. The van der Waals surface area contributed by atoms with Crippen molar-refractivity contribution in [2.75, 3.05) is 0 Å². The minimum atomic E-state index is 1.05. The van der Waals surface area contributed by atoms with Crippen LogP contribution in [0.5, 0.6) is 0 Å². The third-order valence-corrected chi connectivity index (χ3v) is 10.4. The number of para-hydroxylation sites is 1. The molecule has 236 valence electrons. The van der Waals surface area contributed by atoms with E-state index in [-0.39, 0.29) is 0 Å². The molecule has 0 spiro atoms. The van der Waals surface area contributed by atoms with Gasteiger partial charge in [-0.15, -0.1) is 0 Å². The number of rotatable bonds is 5. The van der Waals surface area contributed by atoms with E-state index in [0.29, 0.717) is 0 Å². The molecule has 2 aromatic heterocycles. The van der Waals surface area contributed by atoms with Gasteiger partial charge in [0.15, 0.2) is 0 Å². The van der Waals surface area contributed by atoms with Gasteiger partial charge in [0, 0.05) is 33.2 Å². The van der Waals surface area contributed by atoms with Gasteiger partial charge in [-0.2, -0.15) is 0 Å². The first kappa shape index (κ1) is 28.6. The number of fused-ring (bicyclic) bond motifs is 6. The van der Waals surface area contributed by atoms with Crippen molar-refractivity contribution in [3.8, 4) is 44.8 Å². The molecule has 0 amide bonds. The van der Waals surface area contributed by atoms with Crippen molar-refractivity contribution in [1.29, 1.82) is 0 Å². The largest absolute Gasteiger partial charge is 0.310 e. The van der Waals surface area contributed by atoms with E-state index in [2.05, 4.69) is 191 Å². The number of hydrogen-bond donors (Lipinski definition) is 0. The molecule has 10 rings (SSSR count). The second-order valence-electron chi connectivity index (χ2n) is 13.3. The zero-order valence-corrected chi connectivity index (χ0v) is 27.6. The number of hydrogen-bond acceptors (Lipinski definition) is 0. The van der Waals surface area contributed by atoms with Crippen LogP contribution in [0.3, 0.4) is 0 Å². The molecule has 0 bridgehead atoms. The molecule has 0 aliphatic heterocycles. The summed E-state index contributed by atoms with van der Waals surface area (Å²) in [6.45, 7) is 0. The average Bonchev–Trinajstić information content (AvgIpc) is 3.71. The summed E-state index contributed by atoms with van der Waals surface area (Å²) >= 11 is 0. The smallest absolute Gasteiger partial charge is 0.0547 e. The quantitative estimate of drug-likeness (QED) is 0.178. The number of aromatic nitrogens is 2. The van der Waals surface area contributed by atoms with Crippen LogP contribution in [0.15, 0.2) is 176 Å². The molecule has 2 heteroatoms. The van der Waals surface area contributed by atoms with Crippen molar-refractivity contribution in [2.45, 2.75) is 12.8 Å². The van der Waals surface area contributed by atoms with Gasteiger partial charge in [-0.25, -0.2) is 0 Å². The fraction of sp³-hybridized carbons (Fsp3) is 0.0417. The van der Waals surface area contributed by atoms with Gasteiger partial charge in [-0.1, -0.05) is 127 Å². The zero-order chi connectivity index (χ0) is 33.0. The highest BCUT2D eigenvalue weighted by Crippen LogP contribution is 2.39. The van der Waals surface area contributed by atoms with Crippen LogP contribution < -0.4 is 0 Å². The highest BCUT2D eigenvalue weighted by atomic mass is 15.0. The van der Waals surface area contributed by atoms with E-state index < -0.39 is 0 Å². The Bertz CT molecular complexity index is 2730. The van der Waals surface area contributed by atoms with Crippen molar-refractivity contribution in [1.82, 2.24) is 9.13 Å². The van der Waals surface area contributed by atoms with Crippen molar-refractivity contribution in [3.05, 3.63) is 187 Å². The Kier molecular flexibility index (Phi) is 6.67. The molecular weight excluding hydrogens is 605 g/mol. The van der Waals surface area contributed by atoms with Crippen molar-refractivity contribution >= 4 is 38.8 Å². The summed E-state index contributed by atoms with van der Waals surface area (Å²) in [4.78, 5) is 0. The summed E-state index contributed by atoms with van der Waals surface area (Å²) in [6, 6.07) is 62.0. The molecule has 0 unspecified atom stereocenters. The lowest BCUT2D eigenvalue weighted by Gasteiger charge is -2.13. The molecule has 0 saturated carbocycles. The van der Waals surface area contributed by atoms with E-state index in [4.69, 9.17) is 0 Å². The van der Waals surface area contributed by atoms with Gasteiger partial charge in [0.2, 0.25) is 0 Å². The van der Waals surface area contributed by atoms with E-state index in [1.807, 2.05) is 0 Å². The van der Waals surface area contributed by atoms with Crippen molar-refractivity contribution in [2.24, 2.45) is 0 Å². The van der Waals surface area contributed by atoms with Crippen LogP contribution in [0.4, 0.5) is 0 Å². The van der Waals surface area contributed by atoms with Crippen LogP contribution in [0.25, 0.3) is 83.5 Å². The Morgan fingerprint density at radius 2 is 0.960 bits per heavy atom. The highest BCUT2D eigenvalue weighted by Gasteiger charge is 2.20. The van der Waals surface area contributed by atoms with Gasteiger partial charge >= 0.3 is 0 Å². The summed E-state index contributed by atoms with van der Waals surface area (Å²) < 4.78 is 4.88. The van der Waals surface area contributed by atoms with Gasteiger partial charge in [0.25, 0.3) is 0 Å². The van der Waals surface area contributed by atoms with E-state index in [9.17, 15) is 0 Å². The normalized spacial score (nSPS) is 12.6. The van der Waals surface area contributed by atoms with E-state index in [0.717, 1.165) is 12.8 Å². The first-order valence-corrected chi connectivity index (χ1v) is 17.5. The number of allylic oxidation sites excluding steroid dienone is 1. The second kappa shape index (κ2) is 11.6. The maximum absolute atomic E-state index is 2.44.